The Morgan fingerprint density at radius 2 is 2.33 bits per heavy atom. The first-order chi connectivity index (χ1) is 8.61. The maximum atomic E-state index is 13.4. The highest BCUT2D eigenvalue weighted by molar-refractivity contribution is 9.10. The fourth-order valence-electron chi connectivity index (χ4n) is 1.47. The fourth-order valence-corrected chi connectivity index (χ4v) is 1.91. The summed E-state index contributed by atoms with van der Waals surface area (Å²) in [7, 11) is 1.56. The van der Waals surface area contributed by atoms with E-state index in [1.54, 1.807) is 24.2 Å². The molecule has 1 rings (SSSR count). The SMILES string of the molecule is C=CCN(CCOC)C(=O)c1cccc(F)c1Br. The summed E-state index contributed by atoms with van der Waals surface area (Å²) in [5.41, 5.74) is 0.299. The number of rotatable bonds is 6. The highest BCUT2D eigenvalue weighted by Gasteiger charge is 2.18. The van der Waals surface area contributed by atoms with Gasteiger partial charge in [-0.1, -0.05) is 12.1 Å². The number of carbonyl (C=O) groups excluding carboxylic acids is 1. The molecule has 0 saturated carbocycles. The third kappa shape index (κ3) is 3.65. The molecule has 0 aromatic heterocycles. The quantitative estimate of drug-likeness (QED) is 0.755. The summed E-state index contributed by atoms with van der Waals surface area (Å²) in [6.45, 7) is 4.86. The normalized spacial score (nSPS) is 10.2. The summed E-state index contributed by atoms with van der Waals surface area (Å²) in [6.07, 6.45) is 1.63. The Morgan fingerprint density at radius 1 is 1.61 bits per heavy atom. The Kier molecular flexibility index (Phi) is 6.01. The molecule has 0 aliphatic carbocycles. The molecule has 0 aliphatic rings. The Bertz CT molecular complexity index is 437. The number of hydrogen-bond donors (Lipinski definition) is 0. The van der Waals surface area contributed by atoms with Crippen molar-refractivity contribution in [3.63, 3.8) is 0 Å². The Labute approximate surface area is 114 Å². The van der Waals surface area contributed by atoms with Crippen molar-refractivity contribution in [2.75, 3.05) is 26.8 Å². The molecule has 0 unspecified atom stereocenters. The number of amides is 1. The van der Waals surface area contributed by atoms with E-state index in [-0.39, 0.29) is 10.4 Å². The van der Waals surface area contributed by atoms with Crippen LogP contribution in [0.3, 0.4) is 0 Å². The Morgan fingerprint density at radius 3 is 2.94 bits per heavy atom. The summed E-state index contributed by atoms with van der Waals surface area (Å²) in [5, 5.41) is 0. The van der Waals surface area contributed by atoms with E-state index < -0.39 is 5.82 Å². The van der Waals surface area contributed by atoms with Crippen molar-refractivity contribution in [2.45, 2.75) is 0 Å². The third-order valence-electron chi connectivity index (χ3n) is 2.38. The van der Waals surface area contributed by atoms with Crippen molar-refractivity contribution in [1.29, 1.82) is 0 Å². The monoisotopic (exact) mass is 315 g/mol. The molecule has 0 radical (unpaired) electrons. The molecule has 3 nitrogen and oxygen atoms in total. The Balaban J connectivity index is 2.94. The lowest BCUT2D eigenvalue weighted by atomic mass is 10.2. The van der Waals surface area contributed by atoms with Gasteiger partial charge in [-0.2, -0.15) is 0 Å². The zero-order chi connectivity index (χ0) is 13.5. The summed E-state index contributed by atoms with van der Waals surface area (Å²) >= 11 is 3.09. The van der Waals surface area contributed by atoms with Crippen LogP contribution in [0.5, 0.6) is 0 Å². The van der Waals surface area contributed by atoms with Crippen molar-refractivity contribution >= 4 is 21.8 Å². The van der Waals surface area contributed by atoms with Gasteiger partial charge in [-0.15, -0.1) is 6.58 Å². The average molecular weight is 316 g/mol. The van der Waals surface area contributed by atoms with Crippen LogP contribution in [0.1, 0.15) is 10.4 Å². The molecule has 0 atom stereocenters. The van der Waals surface area contributed by atoms with E-state index >= 15 is 0 Å². The van der Waals surface area contributed by atoms with Crippen molar-refractivity contribution in [1.82, 2.24) is 4.90 Å². The highest BCUT2D eigenvalue weighted by Crippen LogP contribution is 2.21. The fraction of sp³-hybridized carbons (Fsp3) is 0.308. The largest absolute Gasteiger partial charge is 0.383 e. The van der Waals surface area contributed by atoms with Gasteiger partial charge in [0.2, 0.25) is 0 Å². The molecule has 5 heteroatoms. The van der Waals surface area contributed by atoms with Crippen molar-refractivity contribution in [3.05, 3.63) is 46.7 Å². The predicted molar refractivity (Wildman–Crippen MR) is 72.1 cm³/mol. The molecule has 0 N–H and O–H groups in total. The molecule has 18 heavy (non-hydrogen) atoms. The summed E-state index contributed by atoms with van der Waals surface area (Å²) in [6, 6.07) is 4.39. The number of benzene rings is 1. The number of carbonyl (C=O) groups is 1. The first-order valence-corrected chi connectivity index (χ1v) is 6.24. The first-order valence-electron chi connectivity index (χ1n) is 5.45. The Hall–Kier alpha value is -1.20. The topological polar surface area (TPSA) is 29.5 Å². The van der Waals surface area contributed by atoms with Crippen LogP contribution in [0, 0.1) is 5.82 Å². The summed E-state index contributed by atoms with van der Waals surface area (Å²) in [5.74, 6) is -0.704. The second kappa shape index (κ2) is 7.28. The zero-order valence-electron chi connectivity index (χ0n) is 10.2. The number of ether oxygens (including phenoxy) is 1. The molecule has 0 aliphatic heterocycles. The van der Waals surface area contributed by atoms with Crippen LogP contribution in [0.2, 0.25) is 0 Å². The van der Waals surface area contributed by atoms with Crippen LogP contribution in [-0.4, -0.2) is 37.6 Å². The van der Waals surface area contributed by atoms with Crippen LogP contribution in [0.15, 0.2) is 35.3 Å². The molecule has 0 saturated heterocycles. The molecule has 1 amide bonds. The zero-order valence-corrected chi connectivity index (χ0v) is 11.7. The number of methoxy groups -OCH3 is 1. The number of nitrogens with zero attached hydrogens (tertiary/aromatic N) is 1. The van der Waals surface area contributed by atoms with Crippen LogP contribution < -0.4 is 0 Å². The van der Waals surface area contributed by atoms with E-state index in [0.29, 0.717) is 25.3 Å². The van der Waals surface area contributed by atoms with Crippen LogP contribution in [0.4, 0.5) is 4.39 Å². The predicted octanol–water partition coefficient (Wildman–Crippen LogP) is 2.86. The maximum absolute atomic E-state index is 13.4. The maximum Gasteiger partial charge on any atom is 0.255 e. The first kappa shape index (κ1) is 14.9. The molecular weight excluding hydrogens is 301 g/mol. The van der Waals surface area contributed by atoms with E-state index in [2.05, 4.69) is 22.5 Å². The van der Waals surface area contributed by atoms with Gasteiger partial charge in [-0.3, -0.25) is 4.79 Å². The van der Waals surface area contributed by atoms with Crippen LogP contribution in [-0.2, 0) is 4.74 Å². The molecule has 0 heterocycles. The standard InChI is InChI=1S/C13H15BrFNO2/c1-3-7-16(8-9-18-2)13(17)10-5-4-6-11(15)12(10)14/h3-6H,1,7-9H2,2H3. The van der Waals surface area contributed by atoms with Gasteiger partial charge in [0.1, 0.15) is 5.82 Å². The van der Waals surface area contributed by atoms with Gasteiger partial charge in [0, 0.05) is 20.2 Å². The molecule has 98 valence electrons. The lowest BCUT2D eigenvalue weighted by molar-refractivity contribution is 0.0716. The minimum absolute atomic E-state index is 0.182. The number of hydrogen-bond acceptors (Lipinski definition) is 2. The van der Waals surface area contributed by atoms with Crippen molar-refractivity contribution < 1.29 is 13.9 Å². The van der Waals surface area contributed by atoms with Gasteiger partial charge in [-0.05, 0) is 28.1 Å². The van der Waals surface area contributed by atoms with Gasteiger partial charge in [0.15, 0.2) is 0 Å². The minimum atomic E-state index is -0.453. The number of halogens is 2. The molecule has 1 aromatic carbocycles. The van der Waals surface area contributed by atoms with Crippen molar-refractivity contribution in [2.24, 2.45) is 0 Å². The summed E-state index contributed by atoms with van der Waals surface area (Å²) < 4.78 is 18.5. The molecule has 0 spiro atoms. The van der Waals surface area contributed by atoms with Crippen LogP contribution >= 0.6 is 15.9 Å². The van der Waals surface area contributed by atoms with E-state index in [0.717, 1.165) is 0 Å². The molecule has 0 bridgehead atoms. The lowest BCUT2D eigenvalue weighted by Crippen LogP contribution is -2.34. The third-order valence-corrected chi connectivity index (χ3v) is 3.19. The van der Waals surface area contributed by atoms with E-state index in [9.17, 15) is 9.18 Å². The average Bonchev–Trinajstić information content (AvgIpc) is 2.37. The van der Waals surface area contributed by atoms with E-state index in [1.165, 1.54) is 12.1 Å². The van der Waals surface area contributed by atoms with Crippen molar-refractivity contribution in [3.8, 4) is 0 Å². The van der Waals surface area contributed by atoms with E-state index in [4.69, 9.17) is 4.74 Å². The lowest BCUT2D eigenvalue weighted by Gasteiger charge is -2.21. The van der Waals surface area contributed by atoms with Gasteiger partial charge >= 0.3 is 0 Å². The second-order valence-electron chi connectivity index (χ2n) is 3.63. The van der Waals surface area contributed by atoms with Gasteiger partial charge < -0.3 is 9.64 Å². The molecular formula is C13H15BrFNO2. The van der Waals surface area contributed by atoms with E-state index in [1.807, 2.05) is 0 Å². The second-order valence-corrected chi connectivity index (χ2v) is 4.43. The minimum Gasteiger partial charge on any atom is -0.383 e. The van der Waals surface area contributed by atoms with Gasteiger partial charge in [0.05, 0.1) is 16.6 Å². The van der Waals surface area contributed by atoms with Gasteiger partial charge in [0.25, 0.3) is 5.91 Å². The smallest absolute Gasteiger partial charge is 0.255 e. The summed E-state index contributed by atoms with van der Waals surface area (Å²) in [4.78, 5) is 13.8. The highest BCUT2D eigenvalue weighted by atomic mass is 79.9. The van der Waals surface area contributed by atoms with Gasteiger partial charge in [-0.25, -0.2) is 4.39 Å². The van der Waals surface area contributed by atoms with Crippen LogP contribution in [0.25, 0.3) is 0 Å². The molecule has 1 aromatic rings. The molecule has 0 fully saturated rings.